The molecule has 0 bridgehead atoms. The zero-order valence-electron chi connectivity index (χ0n) is 12.6. The van der Waals surface area contributed by atoms with Gasteiger partial charge in [0.15, 0.2) is 11.5 Å². The van der Waals surface area contributed by atoms with Crippen molar-refractivity contribution in [2.45, 2.75) is 6.92 Å². The van der Waals surface area contributed by atoms with Gasteiger partial charge in [-0.15, -0.1) is 0 Å². The van der Waals surface area contributed by atoms with Crippen molar-refractivity contribution in [1.82, 2.24) is 0 Å². The highest BCUT2D eigenvalue weighted by Gasteiger charge is 2.15. The quantitative estimate of drug-likeness (QED) is 0.914. The molecule has 3 rings (SSSR count). The van der Waals surface area contributed by atoms with Crippen LogP contribution < -0.4 is 20.1 Å². The van der Waals surface area contributed by atoms with Crippen molar-refractivity contribution in [1.29, 1.82) is 0 Å². The first kappa shape index (κ1) is 14.3. The highest BCUT2D eigenvalue weighted by Crippen LogP contribution is 2.31. The maximum absolute atomic E-state index is 12.4. The van der Waals surface area contributed by atoms with E-state index in [-0.39, 0.29) is 5.91 Å². The molecule has 0 saturated heterocycles. The molecular weight excluding hydrogens is 280 g/mol. The van der Waals surface area contributed by atoms with E-state index in [1.807, 2.05) is 32.2 Å². The zero-order chi connectivity index (χ0) is 15.5. The number of nitrogens with one attached hydrogen (secondary N) is 2. The normalized spacial score (nSPS) is 12.6. The molecule has 1 aliphatic heterocycles. The van der Waals surface area contributed by atoms with Crippen molar-refractivity contribution in [3.8, 4) is 11.5 Å². The molecule has 5 heteroatoms. The van der Waals surface area contributed by atoms with Crippen molar-refractivity contribution >= 4 is 17.3 Å². The number of rotatable bonds is 3. The third kappa shape index (κ3) is 2.83. The number of carbonyl (C=O) groups excluding carboxylic acids is 1. The number of benzene rings is 2. The zero-order valence-corrected chi connectivity index (χ0v) is 12.6. The molecule has 1 heterocycles. The summed E-state index contributed by atoms with van der Waals surface area (Å²) in [6.45, 7) is 3.05. The van der Waals surface area contributed by atoms with Crippen molar-refractivity contribution in [2.24, 2.45) is 0 Å². The van der Waals surface area contributed by atoms with Crippen LogP contribution in [0.1, 0.15) is 15.9 Å². The number of amides is 1. The molecule has 0 fully saturated rings. The standard InChI is InChI=1S/C17H18N2O3/c1-11-3-5-13(10-14(11)18-2)19-17(20)12-4-6-15-16(9-12)22-8-7-21-15/h3-6,9-10,18H,7-8H2,1-2H3,(H,19,20). The lowest BCUT2D eigenvalue weighted by Gasteiger charge is -2.18. The van der Waals surface area contributed by atoms with Gasteiger partial charge in [-0.05, 0) is 42.8 Å². The van der Waals surface area contributed by atoms with E-state index in [9.17, 15) is 4.79 Å². The predicted molar refractivity (Wildman–Crippen MR) is 86.1 cm³/mol. The topological polar surface area (TPSA) is 59.6 Å². The van der Waals surface area contributed by atoms with Gasteiger partial charge in [0.05, 0.1) is 0 Å². The summed E-state index contributed by atoms with van der Waals surface area (Å²) in [5.74, 6) is 1.11. The summed E-state index contributed by atoms with van der Waals surface area (Å²) in [5, 5.41) is 5.99. The Kier molecular flexibility index (Phi) is 3.87. The van der Waals surface area contributed by atoms with Gasteiger partial charge < -0.3 is 20.1 Å². The fraction of sp³-hybridized carbons (Fsp3) is 0.235. The van der Waals surface area contributed by atoms with Crippen LogP contribution in [0.25, 0.3) is 0 Å². The van der Waals surface area contributed by atoms with Gasteiger partial charge in [-0.3, -0.25) is 4.79 Å². The lowest BCUT2D eigenvalue weighted by Crippen LogP contribution is -2.17. The van der Waals surface area contributed by atoms with Crippen LogP contribution in [0.15, 0.2) is 36.4 Å². The van der Waals surface area contributed by atoms with Gasteiger partial charge in [0.2, 0.25) is 0 Å². The smallest absolute Gasteiger partial charge is 0.255 e. The maximum atomic E-state index is 12.4. The Balaban J connectivity index is 1.79. The van der Waals surface area contributed by atoms with Gasteiger partial charge in [-0.2, -0.15) is 0 Å². The van der Waals surface area contributed by atoms with Crippen LogP contribution >= 0.6 is 0 Å². The van der Waals surface area contributed by atoms with E-state index in [1.54, 1.807) is 18.2 Å². The average Bonchev–Trinajstić information content (AvgIpc) is 2.56. The van der Waals surface area contributed by atoms with Crippen molar-refractivity contribution in [3.05, 3.63) is 47.5 Å². The molecule has 1 aliphatic rings. The molecule has 0 saturated carbocycles. The molecule has 0 atom stereocenters. The Morgan fingerprint density at radius 1 is 1.05 bits per heavy atom. The number of ether oxygens (including phenoxy) is 2. The summed E-state index contributed by atoms with van der Waals surface area (Å²) in [7, 11) is 1.86. The highest BCUT2D eigenvalue weighted by molar-refractivity contribution is 6.04. The van der Waals surface area contributed by atoms with Crippen molar-refractivity contribution in [2.75, 3.05) is 30.9 Å². The third-order valence-electron chi connectivity index (χ3n) is 3.57. The lowest BCUT2D eigenvalue weighted by atomic mass is 10.1. The van der Waals surface area contributed by atoms with E-state index in [2.05, 4.69) is 10.6 Å². The molecule has 2 aromatic rings. The summed E-state index contributed by atoms with van der Waals surface area (Å²) in [5.41, 5.74) is 3.39. The molecular formula is C17H18N2O3. The number of carbonyl (C=O) groups is 1. The number of fused-ring (bicyclic) bond motifs is 1. The van der Waals surface area contributed by atoms with Crippen LogP contribution in [0.4, 0.5) is 11.4 Å². The summed E-state index contributed by atoms with van der Waals surface area (Å²) in [4.78, 5) is 12.4. The van der Waals surface area contributed by atoms with Gasteiger partial charge in [0.1, 0.15) is 13.2 Å². The fourth-order valence-electron chi connectivity index (χ4n) is 2.36. The monoisotopic (exact) mass is 298 g/mol. The Labute approximate surface area is 129 Å². The van der Waals surface area contributed by atoms with Gasteiger partial charge in [-0.25, -0.2) is 0 Å². The Morgan fingerprint density at radius 2 is 1.82 bits per heavy atom. The van der Waals surface area contributed by atoms with E-state index >= 15 is 0 Å². The summed E-state index contributed by atoms with van der Waals surface area (Å²) in [6, 6.07) is 11.0. The van der Waals surface area contributed by atoms with Crippen molar-refractivity contribution < 1.29 is 14.3 Å². The van der Waals surface area contributed by atoms with Crippen LogP contribution in [0.2, 0.25) is 0 Å². The number of anilines is 2. The average molecular weight is 298 g/mol. The minimum atomic E-state index is -0.178. The first-order valence-electron chi connectivity index (χ1n) is 7.17. The lowest BCUT2D eigenvalue weighted by molar-refractivity contribution is 0.102. The molecule has 0 aromatic heterocycles. The van der Waals surface area contributed by atoms with Gasteiger partial charge in [0, 0.05) is 24.0 Å². The molecule has 0 unspecified atom stereocenters. The molecule has 0 radical (unpaired) electrons. The highest BCUT2D eigenvalue weighted by atomic mass is 16.6. The molecule has 22 heavy (non-hydrogen) atoms. The minimum Gasteiger partial charge on any atom is -0.486 e. The largest absolute Gasteiger partial charge is 0.486 e. The molecule has 0 spiro atoms. The SMILES string of the molecule is CNc1cc(NC(=O)c2ccc3c(c2)OCCO3)ccc1C. The minimum absolute atomic E-state index is 0.178. The molecule has 0 aliphatic carbocycles. The number of aryl methyl sites for hydroxylation is 1. The van der Waals surface area contributed by atoms with E-state index in [0.717, 1.165) is 16.9 Å². The molecule has 5 nitrogen and oxygen atoms in total. The van der Waals surface area contributed by atoms with E-state index in [4.69, 9.17) is 9.47 Å². The second kappa shape index (κ2) is 5.97. The Hall–Kier alpha value is -2.69. The van der Waals surface area contributed by atoms with Gasteiger partial charge >= 0.3 is 0 Å². The molecule has 2 aromatic carbocycles. The van der Waals surface area contributed by atoms with Gasteiger partial charge in [-0.1, -0.05) is 6.07 Å². The first-order valence-corrected chi connectivity index (χ1v) is 7.17. The molecule has 1 amide bonds. The van der Waals surface area contributed by atoms with Crippen LogP contribution in [-0.2, 0) is 0 Å². The van der Waals surface area contributed by atoms with Crippen molar-refractivity contribution in [3.63, 3.8) is 0 Å². The molecule has 2 N–H and O–H groups in total. The summed E-state index contributed by atoms with van der Waals surface area (Å²) < 4.78 is 11.0. The van der Waals surface area contributed by atoms with Crippen LogP contribution in [0.5, 0.6) is 11.5 Å². The maximum Gasteiger partial charge on any atom is 0.255 e. The van der Waals surface area contributed by atoms with Crippen LogP contribution in [0.3, 0.4) is 0 Å². The molecule has 114 valence electrons. The second-order valence-electron chi connectivity index (χ2n) is 5.09. The van der Waals surface area contributed by atoms with Crippen LogP contribution in [0, 0.1) is 6.92 Å². The number of hydrogen-bond acceptors (Lipinski definition) is 4. The fourth-order valence-corrected chi connectivity index (χ4v) is 2.36. The first-order chi connectivity index (χ1) is 10.7. The van der Waals surface area contributed by atoms with Crippen LogP contribution in [-0.4, -0.2) is 26.2 Å². The second-order valence-corrected chi connectivity index (χ2v) is 5.09. The van der Waals surface area contributed by atoms with E-state index in [0.29, 0.717) is 30.3 Å². The summed E-state index contributed by atoms with van der Waals surface area (Å²) >= 11 is 0. The Bertz CT molecular complexity index is 713. The van der Waals surface area contributed by atoms with E-state index in [1.165, 1.54) is 0 Å². The summed E-state index contributed by atoms with van der Waals surface area (Å²) in [6.07, 6.45) is 0. The third-order valence-corrected chi connectivity index (χ3v) is 3.57. The predicted octanol–water partition coefficient (Wildman–Crippen LogP) is 3.06. The van der Waals surface area contributed by atoms with Gasteiger partial charge in [0.25, 0.3) is 5.91 Å². The number of hydrogen-bond donors (Lipinski definition) is 2. The Morgan fingerprint density at radius 3 is 2.59 bits per heavy atom. The van der Waals surface area contributed by atoms with E-state index < -0.39 is 0 Å².